The summed E-state index contributed by atoms with van der Waals surface area (Å²) in [7, 11) is 1.77. The average Bonchev–Trinajstić information content (AvgIpc) is 3.02. The van der Waals surface area contributed by atoms with Gasteiger partial charge in [0.1, 0.15) is 5.69 Å². The number of nitrogens with one attached hydrogen (secondary N) is 1. The fourth-order valence-electron chi connectivity index (χ4n) is 2.02. The molecule has 0 radical (unpaired) electrons. The molecule has 2 aromatic heterocycles. The highest BCUT2D eigenvalue weighted by molar-refractivity contribution is 5.90. The van der Waals surface area contributed by atoms with Crippen LogP contribution in [0.1, 0.15) is 20.3 Å². The Morgan fingerprint density at radius 3 is 2.96 bits per heavy atom. The molecule has 7 nitrogen and oxygen atoms in total. The van der Waals surface area contributed by atoms with Crippen molar-refractivity contribution in [3.63, 3.8) is 0 Å². The number of rotatable bonds is 7. The van der Waals surface area contributed by atoms with Crippen LogP contribution in [0, 0.1) is 0 Å². The fourth-order valence-corrected chi connectivity index (χ4v) is 2.02. The van der Waals surface area contributed by atoms with Gasteiger partial charge in [-0.25, -0.2) is 14.8 Å². The van der Waals surface area contributed by atoms with Crippen molar-refractivity contribution in [1.29, 1.82) is 0 Å². The van der Waals surface area contributed by atoms with E-state index in [1.54, 1.807) is 42.8 Å². The molecule has 0 spiro atoms. The van der Waals surface area contributed by atoms with Crippen LogP contribution in [0.2, 0.25) is 0 Å². The first-order chi connectivity index (χ1) is 11.1. The van der Waals surface area contributed by atoms with Crippen LogP contribution in [0.15, 0.2) is 37.1 Å². The van der Waals surface area contributed by atoms with Gasteiger partial charge in [0.2, 0.25) is 5.88 Å². The van der Waals surface area contributed by atoms with Crippen molar-refractivity contribution in [3.05, 3.63) is 37.1 Å². The Hall–Kier alpha value is -2.57. The molecule has 0 bridgehead atoms. The van der Waals surface area contributed by atoms with Crippen molar-refractivity contribution in [3.8, 4) is 5.88 Å². The Kier molecular flexibility index (Phi) is 5.96. The maximum absolute atomic E-state index is 12.3. The first-order valence-electron chi connectivity index (χ1n) is 7.66. The van der Waals surface area contributed by atoms with E-state index in [1.807, 2.05) is 24.6 Å². The summed E-state index contributed by atoms with van der Waals surface area (Å²) < 4.78 is 7.59. The third-order valence-electron chi connectivity index (χ3n) is 3.18. The van der Waals surface area contributed by atoms with Crippen LogP contribution in [0.25, 0.3) is 0 Å². The van der Waals surface area contributed by atoms with Gasteiger partial charge in [-0.2, -0.15) is 0 Å². The molecule has 0 atom stereocenters. The third-order valence-corrected chi connectivity index (χ3v) is 3.18. The molecule has 1 N–H and O–H groups in total. The highest BCUT2D eigenvalue weighted by Crippen LogP contribution is 2.21. The van der Waals surface area contributed by atoms with Gasteiger partial charge in [0.25, 0.3) is 0 Å². The Morgan fingerprint density at radius 2 is 2.26 bits per heavy atom. The quantitative estimate of drug-likeness (QED) is 0.852. The van der Waals surface area contributed by atoms with E-state index in [9.17, 15) is 4.79 Å². The van der Waals surface area contributed by atoms with Crippen LogP contribution >= 0.6 is 0 Å². The number of carbonyl (C=O) groups is 1. The zero-order valence-electron chi connectivity index (χ0n) is 13.8. The molecule has 7 heteroatoms. The second kappa shape index (κ2) is 8.17. The zero-order valence-corrected chi connectivity index (χ0v) is 13.8. The van der Waals surface area contributed by atoms with Crippen LogP contribution in [0.5, 0.6) is 5.88 Å². The molecule has 0 aliphatic rings. The van der Waals surface area contributed by atoms with Gasteiger partial charge in [0, 0.05) is 38.7 Å². The summed E-state index contributed by atoms with van der Waals surface area (Å²) in [6, 6.07) is 3.36. The normalized spacial score (nSPS) is 10.6. The van der Waals surface area contributed by atoms with Crippen LogP contribution in [0.3, 0.4) is 0 Å². The molecule has 0 aliphatic carbocycles. The van der Waals surface area contributed by atoms with Crippen LogP contribution in [-0.4, -0.2) is 45.2 Å². The lowest BCUT2D eigenvalue weighted by molar-refractivity contribution is 0.219. The Labute approximate surface area is 136 Å². The second-order valence-electron chi connectivity index (χ2n) is 5.53. The van der Waals surface area contributed by atoms with E-state index in [0.29, 0.717) is 18.1 Å². The number of carbonyl (C=O) groups excluding carboxylic acids is 1. The maximum atomic E-state index is 12.3. The minimum Gasteiger partial charge on any atom is -0.473 e. The number of hydrogen-bond acceptors (Lipinski definition) is 4. The predicted octanol–water partition coefficient (Wildman–Crippen LogP) is 2.62. The summed E-state index contributed by atoms with van der Waals surface area (Å²) in [5.41, 5.74) is 0.577. The largest absolute Gasteiger partial charge is 0.473 e. The number of amides is 2. The molecule has 2 heterocycles. The van der Waals surface area contributed by atoms with Crippen molar-refractivity contribution in [1.82, 2.24) is 19.4 Å². The van der Waals surface area contributed by atoms with E-state index in [4.69, 9.17) is 4.74 Å². The van der Waals surface area contributed by atoms with E-state index in [2.05, 4.69) is 15.3 Å². The summed E-state index contributed by atoms with van der Waals surface area (Å²) in [4.78, 5) is 22.1. The summed E-state index contributed by atoms with van der Waals surface area (Å²) >= 11 is 0. The van der Waals surface area contributed by atoms with Gasteiger partial charge >= 0.3 is 6.03 Å². The first-order valence-corrected chi connectivity index (χ1v) is 7.66. The fraction of sp³-hybridized carbons (Fsp3) is 0.438. The standard InChI is InChI=1S/C16H23N5O2/c1-13(2)23-15-14(6-4-7-18-15)19-16(22)20(3)9-5-10-21-11-8-17-12-21/h4,6-8,11-13H,5,9-10H2,1-3H3,(H,19,22). The molecule has 2 amide bonds. The number of urea groups is 1. The van der Waals surface area contributed by atoms with Crippen molar-refractivity contribution >= 4 is 11.7 Å². The topological polar surface area (TPSA) is 72.3 Å². The first kappa shape index (κ1) is 16.8. The van der Waals surface area contributed by atoms with Gasteiger partial charge in [0.05, 0.1) is 12.4 Å². The lowest BCUT2D eigenvalue weighted by atomic mass is 10.3. The van der Waals surface area contributed by atoms with Gasteiger partial charge in [0.15, 0.2) is 0 Å². The molecule has 124 valence electrons. The van der Waals surface area contributed by atoms with Gasteiger partial charge in [-0.15, -0.1) is 0 Å². The minimum atomic E-state index is -0.183. The highest BCUT2D eigenvalue weighted by Gasteiger charge is 2.13. The second-order valence-corrected chi connectivity index (χ2v) is 5.53. The Balaban J connectivity index is 1.85. The van der Waals surface area contributed by atoms with Crippen molar-refractivity contribution < 1.29 is 9.53 Å². The smallest absolute Gasteiger partial charge is 0.321 e. The molecule has 23 heavy (non-hydrogen) atoms. The summed E-state index contributed by atoms with van der Waals surface area (Å²) in [5, 5.41) is 2.84. The molecular formula is C16H23N5O2. The van der Waals surface area contributed by atoms with E-state index in [0.717, 1.165) is 13.0 Å². The number of hydrogen-bond donors (Lipinski definition) is 1. The van der Waals surface area contributed by atoms with Gasteiger partial charge in [-0.3, -0.25) is 0 Å². The molecule has 2 aromatic rings. The molecule has 0 aliphatic heterocycles. The van der Waals surface area contributed by atoms with E-state index in [-0.39, 0.29) is 12.1 Å². The monoisotopic (exact) mass is 317 g/mol. The Bertz CT molecular complexity index is 613. The molecular weight excluding hydrogens is 294 g/mol. The van der Waals surface area contributed by atoms with Crippen molar-refractivity contribution in [2.75, 3.05) is 18.9 Å². The van der Waals surface area contributed by atoms with Gasteiger partial charge < -0.3 is 19.5 Å². The SMILES string of the molecule is CC(C)Oc1ncccc1NC(=O)N(C)CCCn1ccnc1. The predicted molar refractivity (Wildman–Crippen MR) is 88.5 cm³/mol. The van der Waals surface area contributed by atoms with Crippen molar-refractivity contribution in [2.24, 2.45) is 0 Å². The summed E-state index contributed by atoms with van der Waals surface area (Å²) in [6.45, 7) is 5.31. The van der Waals surface area contributed by atoms with Gasteiger partial charge in [-0.05, 0) is 32.4 Å². The number of nitrogens with zero attached hydrogens (tertiary/aromatic N) is 4. The number of imidazole rings is 1. The minimum absolute atomic E-state index is 0.00605. The van der Waals surface area contributed by atoms with Gasteiger partial charge in [-0.1, -0.05) is 0 Å². The number of anilines is 1. The van der Waals surface area contributed by atoms with E-state index in [1.165, 1.54) is 0 Å². The van der Waals surface area contributed by atoms with Crippen molar-refractivity contribution in [2.45, 2.75) is 32.9 Å². The maximum Gasteiger partial charge on any atom is 0.321 e. The van der Waals surface area contributed by atoms with Crippen LogP contribution < -0.4 is 10.1 Å². The zero-order chi connectivity index (χ0) is 16.7. The number of aryl methyl sites for hydroxylation is 1. The third kappa shape index (κ3) is 5.28. The molecule has 0 saturated carbocycles. The molecule has 0 saturated heterocycles. The lowest BCUT2D eigenvalue weighted by Crippen LogP contribution is -2.32. The molecule has 0 aromatic carbocycles. The Morgan fingerprint density at radius 1 is 1.43 bits per heavy atom. The lowest BCUT2D eigenvalue weighted by Gasteiger charge is -2.19. The summed E-state index contributed by atoms with van der Waals surface area (Å²) in [6.07, 6.45) is 7.91. The highest BCUT2D eigenvalue weighted by atomic mass is 16.5. The van der Waals surface area contributed by atoms with Crippen LogP contribution in [0.4, 0.5) is 10.5 Å². The summed E-state index contributed by atoms with van der Waals surface area (Å²) in [5.74, 6) is 0.433. The van der Waals surface area contributed by atoms with Crippen LogP contribution in [-0.2, 0) is 6.54 Å². The van der Waals surface area contributed by atoms with E-state index < -0.39 is 0 Å². The number of pyridine rings is 1. The molecule has 0 fully saturated rings. The average molecular weight is 317 g/mol. The molecule has 0 unspecified atom stereocenters. The number of aromatic nitrogens is 3. The van der Waals surface area contributed by atoms with E-state index >= 15 is 0 Å². The number of ether oxygens (including phenoxy) is 1. The molecule has 2 rings (SSSR count).